The lowest BCUT2D eigenvalue weighted by Gasteiger charge is -2.25. The highest BCUT2D eigenvalue weighted by atomic mass is 16.3. The number of benzene rings is 2. The first-order valence-electron chi connectivity index (χ1n) is 9.09. The van der Waals surface area contributed by atoms with Crippen molar-refractivity contribution in [1.82, 2.24) is 0 Å². The fourth-order valence-corrected chi connectivity index (χ4v) is 3.23. The van der Waals surface area contributed by atoms with Gasteiger partial charge < -0.3 is 21.7 Å². The van der Waals surface area contributed by atoms with Crippen LogP contribution >= 0.6 is 0 Å². The van der Waals surface area contributed by atoms with Gasteiger partial charge in [0.1, 0.15) is 0 Å². The molecule has 2 aromatic carbocycles. The van der Waals surface area contributed by atoms with E-state index in [0.29, 0.717) is 19.3 Å². The Labute approximate surface area is 155 Å². The van der Waals surface area contributed by atoms with Crippen molar-refractivity contribution >= 4 is 16.7 Å². The van der Waals surface area contributed by atoms with Crippen molar-refractivity contribution in [2.24, 2.45) is 17.4 Å². The smallest absolute Gasteiger partial charge is 0.220 e. The van der Waals surface area contributed by atoms with Crippen LogP contribution in [-0.2, 0) is 11.2 Å². The molecule has 0 aromatic heterocycles. The van der Waals surface area contributed by atoms with Crippen molar-refractivity contribution in [2.75, 3.05) is 0 Å². The first-order valence-corrected chi connectivity index (χ1v) is 9.09. The zero-order valence-corrected chi connectivity index (χ0v) is 15.6. The summed E-state index contributed by atoms with van der Waals surface area (Å²) < 4.78 is 0. The van der Waals surface area contributed by atoms with E-state index in [9.17, 15) is 15.0 Å². The molecule has 0 saturated carbocycles. The van der Waals surface area contributed by atoms with E-state index < -0.39 is 29.6 Å². The molecule has 0 fully saturated rings. The predicted octanol–water partition coefficient (Wildman–Crippen LogP) is 2.11. The molecule has 2 rings (SSSR count). The number of carbonyl (C=O) groups is 1. The zero-order chi connectivity index (χ0) is 19.3. The van der Waals surface area contributed by atoms with Gasteiger partial charge in [0.05, 0.1) is 11.7 Å². The number of amides is 1. The summed E-state index contributed by atoms with van der Waals surface area (Å²) >= 11 is 0. The van der Waals surface area contributed by atoms with Gasteiger partial charge in [-0.05, 0) is 55.9 Å². The molecule has 0 heterocycles. The molecule has 142 valence electrons. The Morgan fingerprint density at radius 3 is 2.46 bits per heavy atom. The maximum absolute atomic E-state index is 11.7. The third-order valence-corrected chi connectivity index (χ3v) is 4.86. The van der Waals surface area contributed by atoms with E-state index in [1.165, 1.54) is 0 Å². The second-order valence-electron chi connectivity index (χ2n) is 7.76. The van der Waals surface area contributed by atoms with Gasteiger partial charge in [-0.3, -0.25) is 4.79 Å². The van der Waals surface area contributed by atoms with Crippen molar-refractivity contribution in [3.05, 3.63) is 48.0 Å². The topological polar surface area (TPSA) is 110 Å². The number of hydrogen-bond acceptors (Lipinski definition) is 4. The van der Waals surface area contributed by atoms with Crippen LogP contribution in [0.25, 0.3) is 10.8 Å². The number of aliphatic hydroxyl groups is 2. The SMILES string of the molecule is CC(C)(O)CC[C@H](C[C@H](O)[C@@H](N)Cc1cccc2ccccc12)C(N)=O. The van der Waals surface area contributed by atoms with Crippen LogP contribution in [0.3, 0.4) is 0 Å². The van der Waals surface area contributed by atoms with E-state index in [2.05, 4.69) is 0 Å². The van der Waals surface area contributed by atoms with Gasteiger partial charge in [0, 0.05) is 12.0 Å². The Morgan fingerprint density at radius 1 is 1.15 bits per heavy atom. The minimum absolute atomic E-state index is 0.206. The van der Waals surface area contributed by atoms with Crippen molar-refractivity contribution in [1.29, 1.82) is 0 Å². The van der Waals surface area contributed by atoms with Gasteiger partial charge in [-0.25, -0.2) is 0 Å². The molecule has 0 spiro atoms. The molecule has 0 aliphatic rings. The standard InChI is InChI=1S/C21H30N2O3/c1-21(2,26)11-10-16(20(23)25)13-19(24)18(22)12-15-8-5-7-14-6-3-4-9-17(14)15/h3-9,16,18-19,24,26H,10-13,22H2,1-2H3,(H2,23,25)/t16-,18+,19+/m1/s1. The summed E-state index contributed by atoms with van der Waals surface area (Å²) in [6, 6.07) is 13.6. The minimum Gasteiger partial charge on any atom is -0.391 e. The number of hydrogen-bond donors (Lipinski definition) is 4. The summed E-state index contributed by atoms with van der Waals surface area (Å²) in [4.78, 5) is 11.7. The molecular formula is C21H30N2O3. The maximum atomic E-state index is 11.7. The molecular weight excluding hydrogens is 328 g/mol. The average molecular weight is 358 g/mol. The van der Waals surface area contributed by atoms with Gasteiger partial charge in [-0.1, -0.05) is 42.5 Å². The van der Waals surface area contributed by atoms with Crippen LogP contribution < -0.4 is 11.5 Å². The summed E-state index contributed by atoms with van der Waals surface area (Å²) in [5.74, 6) is -0.972. The molecule has 3 atom stereocenters. The molecule has 1 amide bonds. The van der Waals surface area contributed by atoms with Crippen LogP contribution in [0.1, 0.15) is 38.7 Å². The number of rotatable bonds is 9. The fraction of sp³-hybridized carbons (Fsp3) is 0.476. The summed E-state index contributed by atoms with van der Waals surface area (Å²) in [6.07, 6.45) is 0.743. The summed E-state index contributed by atoms with van der Waals surface area (Å²) in [5, 5.41) is 22.6. The van der Waals surface area contributed by atoms with E-state index in [1.54, 1.807) is 13.8 Å². The predicted molar refractivity (Wildman–Crippen MR) is 104 cm³/mol. The van der Waals surface area contributed by atoms with E-state index in [-0.39, 0.29) is 6.42 Å². The number of nitrogens with two attached hydrogens (primary N) is 2. The van der Waals surface area contributed by atoms with Crippen LogP contribution in [-0.4, -0.2) is 33.9 Å². The van der Waals surface area contributed by atoms with Gasteiger partial charge in [-0.2, -0.15) is 0 Å². The minimum atomic E-state index is -0.871. The van der Waals surface area contributed by atoms with Gasteiger partial charge in [0.2, 0.25) is 5.91 Å². The van der Waals surface area contributed by atoms with Gasteiger partial charge in [0.25, 0.3) is 0 Å². The first-order chi connectivity index (χ1) is 12.2. The van der Waals surface area contributed by atoms with Crippen molar-refractivity contribution in [3.8, 4) is 0 Å². The molecule has 2 aromatic rings. The number of aliphatic hydroxyl groups excluding tert-OH is 1. The molecule has 26 heavy (non-hydrogen) atoms. The van der Waals surface area contributed by atoms with Crippen LogP contribution in [0.2, 0.25) is 0 Å². The number of primary amides is 1. The molecule has 0 aliphatic heterocycles. The highest BCUT2D eigenvalue weighted by Gasteiger charge is 2.26. The quantitative estimate of drug-likeness (QED) is 0.550. The van der Waals surface area contributed by atoms with Crippen LogP contribution in [0, 0.1) is 5.92 Å². The highest BCUT2D eigenvalue weighted by Crippen LogP contribution is 2.23. The van der Waals surface area contributed by atoms with Gasteiger partial charge in [0.15, 0.2) is 0 Å². The van der Waals surface area contributed by atoms with Crippen LogP contribution in [0.4, 0.5) is 0 Å². The van der Waals surface area contributed by atoms with E-state index in [4.69, 9.17) is 11.5 Å². The molecule has 0 saturated heterocycles. The largest absolute Gasteiger partial charge is 0.391 e. The van der Waals surface area contributed by atoms with Crippen molar-refractivity contribution < 1.29 is 15.0 Å². The van der Waals surface area contributed by atoms with E-state index in [1.807, 2.05) is 42.5 Å². The van der Waals surface area contributed by atoms with Gasteiger partial charge in [-0.15, -0.1) is 0 Å². The zero-order valence-electron chi connectivity index (χ0n) is 15.6. The second kappa shape index (κ2) is 8.62. The highest BCUT2D eigenvalue weighted by molar-refractivity contribution is 5.85. The Morgan fingerprint density at radius 2 is 1.81 bits per heavy atom. The van der Waals surface area contributed by atoms with Crippen LogP contribution in [0.5, 0.6) is 0 Å². The molecule has 0 unspecified atom stereocenters. The Balaban J connectivity index is 2.03. The number of fused-ring (bicyclic) bond motifs is 1. The third-order valence-electron chi connectivity index (χ3n) is 4.86. The Hall–Kier alpha value is -1.95. The summed E-state index contributed by atoms with van der Waals surface area (Å²) in [5.41, 5.74) is 11.9. The van der Waals surface area contributed by atoms with E-state index in [0.717, 1.165) is 16.3 Å². The molecule has 6 N–H and O–H groups in total. The van der Waals surface area contributed by atoms with E-state index >= 15 is 0 Å². The average Bonchev–Trinajstić information content (AvgIpc) is 2.57. The molecule has 0 aliphatic carbocycles. The van der Waals surface area contributed by atoms with Gasteiger partial charge >= 0.3 is 0 Å². The Kier molecular flexibility index (Phi) is 6.75. The molecule has 5 heteroatoms. The lowest BCUT2D eigenvalue weighted by Crippen LogP contribution is -2.40. The van der Waals surface area contributed by atoms with Crippen LogP contribution in [0.15, 0.2) is 42.5 Å². The monoisotopic (exact) mass is 358 g/mol. The fourth-order valence-electron chi connectivity index (χ4n) is 3.23. The third kappa shape index (κ3) is 5.80. The normalized spacial score (nSPS) is 15.6. The second-order valence-corrected chi connectivity index (χ2v) is 7.76. The summed E-state index contributed by atoms with van der Waals surface area (Å²) in [6.45, 7) is 3.38. The summed E-state index contributed by atoms with van der Waals surface area (Å²) in [7, 11) is 0. The lowest BCUT2D eigenvalue weighted by molar-refractivity contribution is -0.123. The maximum Gasteiger partial charge on any atom is 0.220 e. The lowest BCUT2D eigenvalue weighted by atomic mass is 9.87. The Bertz CT molecular complexity index is 734. The first kappa shape index (κ1) is 20.4. The van der Waals surface area contributed by atoms with Crippen molar-refractivity contribution in [2.45, 2.75) is 57.3 Å². The molecule has 0 radical (unpaired) electrons. The van der Waals surface area contributed by atoms with Crippen molar-refractivity contribution in [3.63, 3.8) is 0 Å². The number of carbonyl (C=O) groups excluding carboxylic acids is 1. The molecule has 0 bridgehead atoms. The molecule has 5 nitrogen and oxygen atoms in total.